The van der Waals surface area contributed by atoms with Crippen LogP contribution in [0, 0.1) is 0 Å². The average molecular weight is 277 g/mol. The van der Waals surface area contributed by atoms with Crippen LogP contribution in [0.4, 0.5) is 5.82 Å². The van der Waals surface area contributed by atoms with E-state index in [1.54, 1.807) is 0 Å². The number of aromatic nitrogens is 2. The van der Waals surface area contributed by atoms with Crippen LogP contribution in [-0.4, -0.2) is 17.0 Å². The normalized spacial score (nSPS) is 11.0. The van der Waals surface area contributed by atoms with Crippen molar-refractivity contribution in [3.05, 3.63) is 54.4 Å². The van der Waals surface area contributed by atoms with Crippen molar-refractivity contribution in [3.8, 4) is 11.3 Å². The lowest BCUT2D eigenvalue weighted by atomic mass is 10.0. The van der Waals surface area contributed by atoms with Gasteiger partial charge < -0.3 is 5.32 Å². The lowest BCUT2D eigenvalue weighted by Gasteiger charge is -2.11. The zero-order chi connectivity index (χ0) is 14.8. The van der Waals surface area contributed by atoms with Gasteiger partial charge in [-0.2, -0.15) is 0 Å². The Labute approximate surface area is 125 Å². The summed E-state index contributed by atoms with van der Waals surface area (Å²) in [6.07, 6.45) is 0. The van der Waals surface area contributed by atoms with Gasteiger partial charge in [-0.25, -0.2) is 9.97 Å². The minimum atomic E-state index is 0.298. The van der Waals surface area contributed by atoms with E-state index in [-0.39, 0.29) is 0 Å². The number of fused-ring (bicyclic) bond motifs is 1. The van der Waals surface area contributed by atoms with Gasteiger partial charge in [-0.05, 0) is 10.8 Å². The van der Waals surface area contributed by atoms with Gasteiger partial charge >= 0.3 is 0 Å². The molecule has 2 aromatic carbocycles. The fourth-order valence-corrected chi connectivity index (χ4v) is 2.44. The van der Waals surface area contributed by atoms with Gasteiger partial charge in [0.05, 0.1) is 5.69 Å². The van der Waals surface area contributed by atoms with E-state index in [9.17, 15) is 0 Å². The Morgan fingerprint density at radius 2 is 1.71 bits per heavy atom. The third kappa shape index (κ3) is 2.59. The molecule has 1 aromatic heterocycles. The number of hydrogen-bond acceptors (Lipinski definition) is 3. The number of rotatable bonds is 3. The van der Waals surface area contributed by atoms with E-state index in [2.05, 4.69) is 66.6 Å². The van der Waals surface area contributed by atoms with Gasteiger partial charge in [-0.1, -0.05) is 56.3 Å². The highest BCUT2D eigenvalue weighted by atomic mass is 15.0. The zero-order valence-corrected chi connectivity index (χ0v) is 12.6. The van der Waals surface area contributed by atoms with Crippen molar-refractivity contribution in [1.29, 1.82) is 0 Å². The lowest BCUT2D eigenvalue weighted by molar-refractivity contribution is 0.778. The molecule has 21 heavy (non-hydrogen) atoms. The van der Waals surface area contributed by atoms with E-state index >= 15 is 0 Å². The monoisotopic (exact) mass is 277 g/mol. The maximum Gasteiger partial charge on any atom is 0.133 e. The number of anilines is 1. The Bertz CT molecular complexity index is 773. The van der Waals surface area contributed by atoms with E-state index in [1.807, 2.05) is 13.1 Å². The number of benzene rings is 2. The van der Waals surface area contributed by atoms with Gasteiger partial charge in [-0.15, -0.1) is 0 Å². The van der Waals surface area contributed by atoms with E-state index < -0.39 is 0 Å². The van der Waals surface area contributed by atoms with Crippen molar-refractivity contribution < 1.29 is 0 Å². The van der Waals surface area contributed by atoms with Gasteiger partial charge in [0.2, 0.25) is 0 Å². The molecule has 1 N–H and O–H groups in total. The number of hydrogen-bond donors (Lipinski definition) is 1. The molecule has 106 valence electrons. The van der Waals surface area contributed by atoms with Crippen LogP contribution in [-0.2, 0) is 0 Å². The van der Waals surface area contributed by atoms with E-state index in [1.165, 1.54) is 10.8 Å². The molecule has 0 spiro atoms. The molecule has 3 nitrogen and oxygen atoms in total. The number of nitrogens with zero attached hydrogens (tertiary/aromatic N) is 2. The third-order valence-corrected chi connectivity index (χ3v) is 3.58. The molecule has 3 rings (SSSR count). The first-order chi connectivity index (χ1) is 10.2. The van der Waals surface area contributed by atoms with E-state index in [0.29, 0.717) is 5.92 Å². The molecular formula is C18H19N3. The Morgan fingerprint density at radius 1 is 0.952 bits per heavy atom. The Hall–Kier alpha value is -2.42. The van der Waals surface area contributed by atoms with Gasteiger partial charge in [0, 0.05) is 24.6 Å². The van der Waals surface area contributed by atoms with Crippen LogP contribution in [0.15, 0.2) is 48.5 Å². The fourth-order valence-electron chi connectivity index (χ4n) is 2.44. The van der Waals surface area contributed by atoms with E-state index in [0.717, 1.165) is 22.9 Å². The lowest BCUT2D eigenvalue weighted by Crippen LogP contribution is -2.03. The fraction of sp³-hybridized carbons (Fsp3) is 0.222. The molecule has 0 bridgehead atoms. The van der Waals surface area contributed by atoms with Crippen molar-refractivity contribution in [1.82, 2.24) is 9.97 Å². The Morgan fingerprint density at radius 3 is 2.48 bits per heavy atom. The molecule has 3 aromatic rings. The molecule has 0 atom stereocenters. The van der Waals surface area contributed by atoms with Crippen LogP contribution in [0.25, 0.3) is 22.0 Å². The largest absolute Gasteiger partial charge is 0.373 e. The van der Waals surface area contributed by atoms with Crippen LogP contribution in [0.1, 0.15) is 25.6 Å². The molecule has 0 saturated carbocycles. The standard InChI is InChI=1S/C18H19N3/c1-12(2)18-20-16(11-17(19-3)21-18)15-10-6-8-13-7-4-5-9-14(13)15/h4-12H,1-3H3,(H,19,20,21). The van der Waals surface area contributed by atoms with Crippen molar-refractivity contribution in [3.63, 3.8) is 0 Å². The van der Waals surface area contributed by atoms with Crippen molar-refractivity contribution in [2.24, 2.45) is 0 Å². The summed E-state index contributed by atoms with van der Waals surface area (Å²) in [4.78, 5) is 9.28. The van der Waals surface area contributed by atoms with Gasteiger partial charge in [-0.3, -0.25) is 0 Å². The molecule has 0 aliphatic rings. The highest BCUT2D eigenvalue weighted by Gasteiger charge is 2.11. The summed E-state index contributed by atoms with van der Waals surface area (Å²) in [5, 5.41) is 5.57. The van der Waals surface area contributed by atoms with Crippen LogP contribution < -0.4 is 5.32 Å². The molecule has 0 aliphatic carbocycles. The smallest absolute Gasteiger partial charge is 0.133 e. The predicted octanol–water partition coefficient (Wildman–Crippen LogP) is 4.46. The maximum absolute atomic E-state index is 4.75. The third-order valence-electron chi connectivity index (χ3n) is 3.58. The highest BCUT2D eigenvalue weighted by Crippen LogP contribution is 2.29. The summed E-state index contributed by atoms with van der Waals surface area (Å²) in [6.45, 7) is 4.23. The highest BCUT2D eigenvalue weighted by molar-refractivity contribution is 5.96. The van der Waals surface area contributed by atoms with Crippen LogP contribution in [0.5, 0.6) is 0 Å². The second-order valence-corrected chi connectivity index (χ2v) is 5.43. The minimum absolute atomic E-state index is 0.298. The number of nitrogens with one attached hydrogen (secondary N) is 1. The summed E-state index contributed by atoms with van der Waals surface area (Å²) in [7, 11) is 1.89. The maximum atomic E-state index is 4.75. The second kappa shape index (κ2) is 5.52. The summed E-state index contributed by atoms with van der Waals surface area (Å²) in [5.74, 6) is 2.02. The molecule has 0 saturated heterocycles. The van der Waals surface area contributed by atoms with Crippen LogP contribution in [0.3, 0.4) is 0 Å². The van der Waals surface area contributed by atoms with Crippen molar-refractivity contribution in [2.75, 3.05) is 12.4 Å². The molecule has 0 amide bonds. The molecule has 0 fully saturated rings. The van der Waals surface area contributed by atoms with Crippen molar-refractivity contribution >= 4 is 16.6 Å². The molecule has 0 unspecified atom stereocenters. The Kier molecular flexibility index (Phi) is 3.57. The minimum Gasteiger partial charge on any atom is -0.373 e. The molecule has 0 radical (unpaired) electrons. The van der Waals surface area contributed by atoms with Crippen LogP contribution in [0.2, 0.25) is 0 Å². The molecule has 3 heteroatoms. The molecular weight excluding hydrogens is 258 g/mol. The topological polar surface area (TPSA) is 37.8 Å². The predicted molar refractivity (Wildman–Crippen MR) is 88.6 cm³/mol. The Balaban J connectivity index is 2.25. The quantitative estimate of drug-likeness (QED) is 0.768. The van der Waals surface area contributed by atoms with Gasteiger partial charge in [0.25, 0.3) is 0 Å². The first kappa shape index (κ1) is 13.6. The SMILES string of the molecule is CNc1cc(-c2cccc3ccccc23)nc(C(C)C)n1. The first-order valence-corrected chi connectivity index (χ1v) is 7.24. The molecule has 1 heterocycles. The average Bonchev–Trinajstić information content (AvgIpc) is 2.53. The first-order valence-electron chi connectivity index (χ1n) is 7.24. The van der Waals surface area contributed by atoms with Gasteiger partial charge in [0.15, 0.2) is 0 Å². The summed E-state index contributed by atoms with van der Waals surface area (Å²) in [5.41, 5.74) is 2.11. The van der Waals surface area contributed by atoms with Crippen LogP contribution >= 0.6 is 0 Å². The zero-order valence-electron chi connectivity index (χ0n) is 12.6. The second-order valence-electron chi connectivity index (χ2n) is 5.43. The van der Waals surface area contributed by atoms with Crippen molar-refractivity contribution in [2.45, 2.75) is 19.8 Å². The summed E-state index contributed by atoms with van der Waals surface area (Å²) in [6, 6.07) is 16.7. The summed E-state index contributed by atoms with van der Waals surface area (Å²) >= 11 is 0. The van der Waals surface area contributed by atoms with E-state index in [4.69, 9.17) is 4.98 Å². The van der Waals surface area contributed by atoms with Gasteiger partial charge in [0.1, 0.15) is 11.6 Å². The molecule has 0 aliphatic heterocycles. The summed E-state index contributed by atoms with van der Waals surface area (Å²) < 4.78 is 0.